The summed E-state index contributed by atoms with van der Waals surface area (Å²) < 4.78 is 0. The van der Waals surface area contributed by atoms with E-state index in [1.54, 1.807) is 0 Å². The van der Waals surface area contributed by atoms with Crippen LogP contribution in [0.4, 0.5) is 0 Å². The molecule has 0 bridgehead atoms. The fraction of sp³-hybridized carbons (Fsp3) is 0.931. The van der Waals surface area contributed by atoms with Gasteiger partial charge in [-0.25, -0.2) is 0 Å². The van der Waals surface area contributed by atoms with Crippen LogP contribution in [0, 0.1) is 17.8 Å². The molecule has 4 saturated heterocycles. The van der Waals surface area contributed by atoms with Gasteiger partial charge in [0.05, 0.1) is 6.04 Å². The van der Waals surface area contributed by atoms with Gasteiger partial charge in [0.25, 0.3) is 0 Å². The molecule has 4 heterocycles. The predicted octanol–water partition coefficient (Wildman–Crippen LogP) is 5.21. The van der Waals surface area contributed by atoms with Crippen LogP contribution in [0.25, 0.3) is 0 Å². The number of fused-ring (bicyclic) bond motifs is 2. The summed E-state index contributed by atoms with van der Waals surface area (Å²) >= 11 is 0. The van der Waals surface area contributed by atoms with E-state index in [0.29, 0.717) is 6.04 Å². The largest absolute Gasteiger partial charge is 0.295 e. The van der Waals surface area contributed by atoms with Gasteiger partial charge < -0.3 is 0 Å². The minimum Gasteiger partial charge on any atom is -0.295 e. The van der Waals surface area contributed by atoms with Crippen LogP contribution in [0.5, 0.6) is 0 Å². The smallest absolute Gasteiger partial charge is 0.144 e. The molecule has 6 unspecified atom stereocenters. The van der Waals surface area contributed by atoms with E-state index in [2.05, 4.69) is 32.2 Å². The summed E-state index contributed by atoms with van der Waals surface area (Å²) in [5.41, 5.74) is 0. The zero-order valence-corrected chi connectivity index (χ0v) is 21.2. The van der Waals surface area contributed by atoms with Crippen molar-refractivity contribution in [2.45, 2.75) is 114 Å². The van der Waals surface area contributed by atoms with Gasteiger partial charge in [0.1, 0.15) is 5.79 Å². The van der Waals surface area contributed by atoms with Gasteiger partial charge in [-0.05, 0) is 82.1 Å². The molecule has 2 aliphatic carbocycles. The topological polar surface area (TPSA) is 21.8 Å². The van der Waals surface area contributed by atoms with Crippen molar-refractivity contribution in [3.8, 4) is 0 Å². The Morgan fingerprint density at radius 3 is 2.12 bits per heavy atom. The molecule has 1 N–H and O–H groups in total. The summed E-state index contributed by atoms with van der Waals surface area (Å²) in [5.74, 6) is 2.85. The summed E-state index contributed by atoms with van der Waals surface area (Å²) in [6, 6.07) is 1.48. The molecule has 0 aromatic heterocycles. The summed E-state index contributed by atoms with van der Waals surface area (Å²) in [4.78, 5) is 9.16. The van der Waals surface area contributed by atoms with Crippen LogP contribution in [0.3, 0.4) is 0 Å². The number of rotatable bonds is 3. The number of nitrogens with one attached hydrogen (secondary N) is 1. The summed E-state index contributed by atoms with van der Waals surface area (Å²) in [6.45, 7) is 7.85. The first-order chi connectivity index (χ1) is 16.4. The molecule has 1 saturated carbocycles. The third kappa shape index (κ3) is 4.36. The van der Waals surface area contributed by atoms with Gasteiger partial charge in [-0.3, -0.25) is 20.0 Å². The second-order valence-electron chi connectivity index (χ2n) is 12.4. The molecule has 186 valence electrons. The van der Waals surface area contributed by atoms with E-state index in [0.717, 1.165) is 23.8 Å². The summed E-state index contributed by atoms with van der Waals surface area (Å²) in [7, 11) is 0. The zero-order chi connectivity index (χ0) is 22.1. The van der Waals surface area contributed by atoms with Gasteiger partial charge in [0, 0.05) is 38.8 Å². The minimum atomic E-state index is 0.0749. The van der Waals surface area contributed by atoms with Gasteiger partial charge in [0.2, 0.25) is 0 Å². The molecule has 0 aromatic rings. The van der Waals surface area contributed by atoms with Gasteiger partial charge in [-0.15, -0.1) is 0 Å². The van der Waals surface area contributed by atoms with Crippen molar-refractivity contribution in [2.75, 3.05) is 39.3 Å². The van der Waals surface area contributed by atoms with Crippen LogP contribution in [0.15, 0.2) is 12.2 Å². The van der Waals surface area contributed by atoms with Crippen LogP contribution in [0.1, 0.15) is 96.3 Å². The highest BCUT2D eigenvalue weighted by Crippen LogP contribution is 2.45. The number of allylic oxidation sites excluding steroid dienone is 2. The van der Waals surface area contributed by atoms with Crippen molar-refractivity contribution in [2.24, 2.45) is 17.8 Å². The SMILES string of the molecule is C1=CCC2CN(C3CCCCNC3(N3CCCCCCC3)N3CCC4CCCCC43)CC2C1. The van der Waals surface area contributed by atoms with Crippen LogP contribution in [0.2, 0.25) is 0 Å². The molecule has 4 heteroatoms. The Morgan fingerprint density at radius 2 is 1.33 bits per heavy atom. The fourth-order valence-electron chi connectivity index (χ4n) is 9.01. The van der Waals surface area contributed by atoms with Crippen molar-refractivity contribution in [1.82, 2.24) is 20.0 Å². The van der Waals surface area contributed by atoms with Crippen molar-refractivity contribution in [1.29, 1.82) is 0 Å². The highest BCUT2D eigenvalue weighted by atomic mass is 15.6. The molecule has 5 fully saturated rings. The van der Waals surface area contributed by atoms with E-state index in [9.17, 15) is 0 Å². The number of nitrogens with zero attached hydrogens (tertiary/aromatic N) is 3. The lowest BCUT2D eigenvalue weighted by atomic mass is 9.84. The highest BCUT2D eigenvalue weighted by Gasteiger charge is 2.56. The molecule has 4 nitrogen and oxygen atoms in total. The van der Waals surface area contributed by atoms with E-state index in [4.69, 9.17) is 0 Å². The van der Waals surface area contributed by atoms with Crippen molar-refractivity contribution < 1.29 is 0 Å². The van der Waals surface area contributed by atoms with E-state index in [1.165, 1.54) is 136 Å². The fourth-order valence-corrected chi connectivity index (χ4v) is 9.01. The lowest BCUT2D eigenvalue weighted by Gasteiger charge is -2.58. The van der Waals surface area contributed by atoms with Crippen LogP contribution < -0.4 is 5.32 Å². The molecule has 6 atom stereocenters. The molecule has 0 aromatic carbocycles. The Balaban J connectivity index is 1.37. The van der Waals surface area contributed by atoms with Crippen molar-refractivity contribution in [3.05, 3.63) is 12.2 Å². The van der Waals surface area contributed by atoms with Crippen molar-refractivity contribution in [3.63, 3.8) is 0 Å². The first-order valence-electron chi connectivity index (χ1n) is 15.0. The highest BCUT2D eigenvalue weighted by molar-refractivity contribution is 5.09. The van der Waals surface area contributed by atoms with Gasteiger partial charge in [-0.2, -0.15) is 0 Å². The first kappa shape index (κ1) is 23.0. The maximum Gasteiger partial charge on any atom is 0.144 e. The second kappa shape index (κ2) is 10.3. The predicted molar refractivity (Wildman–Crippen MR) is 137 cm³/mol. The maximum absolute atomic E-state index is 4.39. The van der Waals surface area contributed by atoms with E-state index < -0.39 is 0 Å². The van der Waals surface area contributed by atoms with Crippen LogP contribution in [-0.2, 0) is 0 Å². The Morgan fingerprint density at radius 1 is 0.636 bits per heavy atom. The third-order valence-electron chi connectivity index (χ3n) is 10.6. The Kier molecular flexibility index (Phi) is 7.17. The number of hydrogen-bond donors (Lipinski definition) is 1. The maximum atomic E-state index is 4.39. The summed E-state index contributed by atoms with van der Waals surface area (Å²) in [6.07, 6.45) is 26.2. The van der Waals surface area contributed by atoms with Crippen molar-refractivity contribution >= 4 is 0 Å². The zero-order valence-electron chi connectivity index (χ0n) is 21.2. The minimum absolute atomic E-state index is 0.0749. The monoisotopic (exact) mass is 454 g/mol. The Labute approximate surface area is 203 Å². The Bertz CT molecular complexity index is 655. The molecule has 33 heavy (non-hydrogen) atoms. The average molecular weight is 455 g/mol. The normalized spacial score (nSPS) is 44.1. The van der Waals surface area contributed by atoms with Gasteiger partial charge in [-0.1, -0.05) is 50.7 Å². The van der Waals surface area contributed by atoms with Gasteiger partial charge >= 0.3 is 0 Å². The summed E-state index contributed by atoms with van der Waals surface area (Å²) in [5, 5.41) is 4.39. The average Bonchev–Trinajstić information content (AvgIpc) is 3.38. The molecule has 6 rings (SSSR count). The number of hydrogen-bond acceptors (Lipinski definition) is 4. The van der Waals surface area contributed by atoms with E-state index in [1.807, 2.05) is 0 Å². The Hall–Kier alpha value is -0.420. The standard InChI is InChI=1S/C29H50N4/c1-2-10-19-32(20-11-3-1)29(33-21-17-24-12-6-7-15-27(24)33)28(16-8-9-18-30-29)31-22-25-13-4-5-14-26(25)23-31/h4-5,24-28,30H,1-3,6-23H2. The quantitative estimate of drug-likeness (QED) is 0.591. The molecule has 0 radical (unpaired) electrons. The van der Waals surface area contributed by atoms with E-state index >= 15 is 0 Å². The lowest BCUT2D eigenvalue weighted by Crippen LogP contribution is -2.78. The molecule has 0 amide bonds. The molecular weight excluding hydrogens is 404 g/mol. The molecule has 4 aliphatic heterocycles. The van der Waals surface area contributed by atoms with Gasteiger partial charge in [0.15, 0.2) is 0 Å². The number of likely N-dealkylation sites (tertiary alicyclic amines) is 3. The van der Waals surface area contributed by atoms with E-state index in [-0.39, 0.29) is 5.79 Å². The molecule has 0 spiro atoms. The van der Waals surface area contributed by atoms with Crippen LogP contribution >= 0.6 is 0 Å². The third-order valence-corrected chi connectivity index (χ3v) is 10.6. The van der Waals surface area contributed by atoms with Crippen LogP contribution in [-0.4, -0.2) is 71.8 Å². The first-order valence-corrected chi connectivity index (χ1v) is 15.0. The second-order valence-corrected chi connectivity index (χ2v) is 12.4. The lowest BCUT2D eigenvalue weighted by molar-refractivity contribution is -0.147. The molecule has 6 aliphatic rings. The molecular formula is C29H50N4.